The smallest absolute Gasteiger partial charge is 0.311 e. The van der Waals surface area contributed by atoms with E-state index in [1.54, 1.807) is 4.90 Å². The molecule has 118 valence electrons. The zero-order chi connectivity index (χ0) is 15.7. The number of likely N-dealkylation sites (tertiary alicyclic amines) is 1. The van der Waals surface area contributed by atoms with Gasteiger partial charge in [-0.15, -0.1) is 0 Å². The van der Waals surface area contributed by atoms with E-state index >= 15 is 0 Å². The first-order chi connectivity index (χ1) is 10.6. The Morgan fingerprint density at radius 1 is 1.41 bits per heavy atom. The van der Waals surface area contributed by atoms with E-state index in [0.29, 0.717) is 19.0 Å². The molecular weight excluding hydrogens is 288 g/mol. The van der Waals surface area contributed by atoms with Gasteiger partial charge in [-0.2, -0.15) is 0 Å². The van der Waals surface area contributed by atoms with Gasteiger partial charge in [-0.1, -0.05) is 0 Å². The molecule has 2 unspecified atom stereocenters. The number of piperidine rings is 1. The van der Waals surface area contributed by atoms with Crippen molar-refractivity contribution in [2.45, 2.75) is 25.4 Å². The molecule has 1 aromatic rings. The van der Waals surface area contributed by atoms with Gasteiger partial charge >= 0.3 is 5.69 Å². The number of carbonyl (C=O) groups is 1. The number of rotatable bonds is 2. The number of phenolic OH excluding ortho intramolecular Hbond substituents is 1. The molecule has 22 heavy (non-hydrogen) atoms. The lowest BCUT2D eigenvalue weighted by Gasteiger charge is -2.41. The number of carbonyl (C=O) groups excluding carboxylic acids is 1. The highest BCUT2D eigenvalue weighted by molar-refractivity contribution is 5.95. The van der Waals surface area contributed by atoms with E-state index in [9.17, 15) is 20.0 Å². The van der Waals surface area contributed by atoms with Crippen LogP contribution in [-0.2, 0) is 4.74 Å². The number of nitro groups is 1. The maximum absolute atomic E-state index is 12.5. The molecule has 2 aliphatic rings. The Hall–Kier alpha value is -2.15. The first-order valence-corrected chi connectivity index (χ1v) is 7.44. The number of phenols is 1. The lowest BCUT2D eigenvalue weighted by molar-refractivity contribution is -0.385. The standard InChI is InChI=1S/C15H18N2O5/c18-13-4-3-10(8-12(13)17(20)21)15(19)16-6-5-14-11(9-16)2-1-7-22-14/h3-4,8,11,14,18H,1-2,5-7,9H2. The van der Waals surface area contributed by atoms with Crippen molar-refractivity contribution < 1.29 is 19.6 Å². The molecule has 7 nitrogen and oxygen atoms in total. The van der Waals surface area contributed by atoms with Crippen molar-refractivity contribution in [3.63, 3.8) is 0 Å². The molecule has 2 heterocycles. The first-order valence-electron chi connectivity index (χ1n) is 7.44. The fourth-order valence-corrected chi connectivity index (χ4v) is 3.26. The molecule has 0 spiro atoms. The minimum absolute atomic E-state index is 0.229. The minimum atomic E-state index is -0.687. The minimum Gasteiger partial charge on any atom is -0.502 e. The average molecular weight is 306 g/mol. The van der Waals surface area contributed by atoms with Crippen molar-refractivity contribution in [2.75, 3.05) is 19.7 Å². The van der Waals surface area contributed by atoms with E-state index in [-0.39, 0.29) is 17.6 Å². The summed E-state index contributed by atoms with van der Waals surface area (Å²) in [5.41, 5.74) is -0.207. The summed E-state index contributed by atoms with van der Waals surface area (Å²) in [6.07, 6.45) is 3.08. The second kappa shape index (κ2) is 5.92. The highest BCUT2D eigenvalue weighted by atomic mass is 16.6. The van der Waals surface area contributed by atoms with E-state index in [4.69, 9.17) is 4.74 Å². The third-order valence-corrected chi connectivity index (χ3v) is 4.42. The molecule has 0 aliphatic carbocycles. The van der Waals surface area contributed by atoms with E-state index in [0.717, 1.165) is 31.9 Å². The van der Waals surface area contributed by atoms with Crippen LogP contribution in [0.1, 0.15) is 29.6 Å². The van der Waals surface area contributed by atoms with Crippen LogP contribution in [0.2, 0.25) is 0 Å². The molecule has 7 heteroatoms. The second-order valence-corrected chi connectivity index (χ2v) is 5.81. The quantitative estimate of drug-likeness (QED) is 0.666. The highest BCUT2D eigenvalue weighted by Crippen LogP contribution is 2.31. The number of hydrogen-bond acceptors (Lipinski definition) is 5. The van der Waals surface area contributed by atoms with Gasteiger partial charge in [0.25, 0.3) is 5.91 Å². The maximum atomic E-state index is 12.5. The van der Waals surface area contributed by atoms with Gasteiger partial charge in [0.2, 0.25) is 0 Å². The molecule has 1 N–H and O–H groups in total. The summed E-state index contributed by atoms with van der Waals surface area (Å²) >= 11 is 0. The number of nitrogens with zero attached hydrogens (tertiary/aromatic N) is 2. The molecule has 2 aliphatic heterocycles. The molecule has 0 saturated carbocycles. The molecule has 3 rings (SSSR count). The van der Waals surface area contributed by atoms with Crippen LogP contribution >= 0.6 is 0 Å². The summed E-state index contributed by atoms with van der Waals surface area (Å²) in [5.74, 6) is -0.313. The predicted molar refractivity (Wildman–Crippen MR) is 77.7 cm³/mol. The van der Waals surface area contributed by atoms with Gasteiger partial charge in [-0.05, 0) is 31.4 Å². The number of hydrogen-bond donors (Lipinski definition) is 1. The molecule has 2 saturated heterocycles. The van der Waals surface area contributed by atoms with Crippen LogP contribution in [0, 0.1) is 16.0 Å². The zero-order valence-electron chi connectivity index (χ0n) is 12.1. The summed E-state index contributed by atoms with van der Waals surface area (Å²) in [6.45, 7) is 2.01. The van der Waals surface area contributed by atoms with Crippen molar-refractivity contribution in [1.82, 2.24) is 4.90 Å². The summed E-state index contributed by atoms with van der Waals surface area (Å²) in [6, 6.07) is 3.76. The van der Waals surface area contributed by atoms with Gasteiger partial charge in [-0.3, -0.25) is 14.9 Å². The lowest BCUT2D eigenvalue weighted by Crippen LogP contribution is -2.48. The number of ether oxygens (including phenoxy) is 1. The van der Waals surface area contributed by atoms with E-state index < -0.39 is 16.4 Å². The van der Waals surface area contributed by atoms with Crippen molar-refractivity contribution in [2.24, 2.45) is 5.92 Å². The van der Waals surface area contributed by atoms with Crippen LogP contribution in [0.4, 0.5) is 5.69 Å². The Balaban J connectivity index is 1.76. The third kappa shape index (κ3) is 2.76. The summed E-state index contributed by atoms with van der Waals surface area (Å²) in [4.78, 5) is 24.4. The molecule has 0 radical (unpaired) electrons. The number of aromatic hydroxyl groups is 1. The molecular formula is C15H18N2O5. The SMILES string of the molecule is O=C(c1ccc(O)c([N+](=O)[O-])c1)N1CCC2OCCCC2C1. The first kappa shape index (κ1) is 14.8. The van der Waals surface area contributed by atoms with E-state index in [2.05, 4.69) is 0 Å². The fourth-order valence-electron chi connectivity index (χ4n) is 3.26. The fraction of sp³-hybridized carbons (Fsp3) is 0.533. The predicted octanol–water partition coefficient (Wildman–Crippen LogP) is 1.94. The molecule has 0 aromatic heterocycles. The largest absolute Gasteiger partial charge is 0.502 e. The Bertz CT molecular complexity index is 604. The zero-order valence-corrected chi connectivity index (χ0v) is 12.1. The van der Waals surface area contributed by atoms with Gasteiger partial charge in [0.1, 0.15) is 0 Å². The van der Waals surface area contributed by atoms with Crippen molar-refractivity contribution in [3.05, 3.63) is 33.9 Å². The summed E-state index contributed by atoms with van der Waals surface area (Å²) in [7, 11) is 0. The van der Waals surface area contributed by atoms with Crippen LogP contribution in [0.15, 0.2) is 18.2 Å². The summed E-state index contributed by atoms with van der Waals surface area (Å²) < 4.78 is 5.72. The van der Waals surface area contributed by atoms with Crippen molar-refractivity contribution in [1.29, 1.82) is 0 Å². The Labute approximate surface area is 127 Å². The van der Waals surface area contributed by atoms with Gasteiger partial charge in [0.15, 0.2) is 5.75 Å². The van der Waals surface area contributed by atoms with E-state index in [1.807, 2.05) is 0 Å². The number of amides is 1. The third-order valence-electron chi connectivity index (χ3n) is 4.42. The molecule has 1 amide bonds. The molecule has 1 aromatic carbocycles. The lowest BCUT2D eigenvalue weighted by atomic mass is 9.88. The Morgan fingerprint density at radius 2 is 2.23 bits per heavy atom. The number of nitro benzene ring substituents is 1. The summed E-state index contributed by atoms with van der Waals surface area (Å²) in [5, 5.41) is 20.3. The van der Waals surface area contributed by atoms with Gasteiger partial charge < -0.3 is 14.7 Å². The normalized spacial score (nSPS) is 24.6. The highest BCUT2D eigenvalue weighted by Gasteiger charge is 2.34. The molecule has 2 fully saturated rings. The van der Waals surface area contributed by atoms with Crippen LogP contribution in [0.25, 0.3) is 0 Å². The van der Waals surface area contributed by atoms with Crippen LogP contribution in [0.3, 0.4) is 0 Å². The maximum Gasteiger partial charge on any atom is 0.311 e. The monoisotopic (exact) mass is 306 g/mol. The van der Waals surface area contributed by atoms with Crippen LogP contribution < -0.4 is 0 Å². The molecule has 0 bridgehead atoms. The van der Waals surface area contributed by atoms with E-state index in [1.165, 1.54) is 12.1 Å². The van der Waals surface area contributed by atoms with Gasteiger partial charge in [0, 0.05) is 37.2 Å². The molecule has 2 atom stereocenters. The second-order valence-electron chi connectivity index (χ2n) is 5.81. The Morgan fingerprint density at radius 3 is 3.00 bits per heavy atom. The topological polar surface area (TPSA) is 92.9 Å². The number of benzene rings is 1. The average Bonchev–Trinajstić information content (AvgIpc) is 2.54. The number of fused-ring (bicyclic) bond motifs is 1. The Kier molecular flexibility index (Phi) is 3.98. The van der Waals surface area contributed by atoms with Gasteiger partial charge in [-0.25, -0.2) is 0 Å². The van der Waals surface area contributed by atoms with Crippen molar-refractivity contribution >= 4 is 11.6 Å². The van der Waals surface area contributed by atoms with Crippen molar-refractivity contribution in [3.8, 4) is 5.75 Å². The van der Waals surface area contributed by atoms with Gasteiger partial charge in [0.05, 0.1) is 11.0 Å². The van der Waals surface area contributed by atoms with Crippen LogP contribution in [-0.4, -0.2) is 46.6 Å². The van der Waals surface area contributed by atoms with Crippen LogP contribution in [0.5, 0.6) is 5.75 Å².